The van der Waals surface area contributed by atoms with Crippen molar-refractivity contribution >= 4 is 85.6 Å². The van der Waals surface area contributed by atoms with Crippen LogP contribution in [0.5, 0.6) is 0 Å². The van der Waals surface area contributed by atoms with Gasteiger partial charge in [-0.15, -0.1) is 0 Å². The van der Waals surface area contributed by atoms with Crippen LogP contribution in [0.15, 0.2) is 102 Å². The Morgan fingerprint density at radius 3 is 1.36 bits per heavy atom. The van der Waals surface area contributed by atoms with Crippen molar-refractivity contribution in [3.8, 4) is 11.1 Å². The largest absolute Gasteiger partial charge is 0.494 e. The predicted octanol–water partition coefficient (Wildman–Crippen LogP) is 13.4. The standard InChI is InChI=1S/C42H55N7O3.C29H37BrN6O3.C19H30BNO2/c1-5-37-35(38(46-33-14-20-52-21-15-33)36-27-45-49(6-2)39(36)47-37)26-44-41(51)42(16-17-42)40(50)43-25-31-11-10-28(3)34(24-31)32-9-7-8-30(23-32)22-29-12-18-48(4)19-13-29;1-4-24-21(25(34-20-8-12-39-13-9-20)22-17-33-36(5-2)26(22)35-24)16-32-28(38)29(10-11-29)27(37)31-15-19-7-6-18(3)23(30)14-19;1-18(2)19(3,4)23-20(22-18)17-8-6-7-16(14-17)13-15-9-11-21(5)12-10-15/h7-11,23-24,27,29,33H,5-6,12-22,25-26H2,1-4H3,(H,43,50)(H,44,51)(H,46,47);6-7,14,17,20H,4-5,8-13,15-16H2,1-3H3,(H,31,37)(H,32,38)(H,34,35);6-8,14-15H,9-13H2,1-5H3. The molecular weight excluding hydrogens is 1500 g/mol. The van der Waals surface area contributed by atoms with Gasteiger partial charge in [0.1, 0.15) is 10.8 Å². The summed E-state index contributed by atoms with van der Waals surface area (Å²) < 4.78 is 28.4. The first-order valence-electron chi connectivity index (χ1n) is 42.2. The number of carbonyl (C=O) groups excluding carboxylic acids is 4. The van der Waals surface area contributed by atoms with Crippen LogP contribution in [0, 0.1) is 36.5 Å². The minimum atomic E-state index is -1.04. The Labute approximate surface area is 683 Å². The highest BCUT2D eigenvalue weighted by molar-refractivity contribution is 9.10. The van der Waals surface area contributed by atoms with Crippen molar-refractivity contribution in [3.63, 3.8) is 0 Å². The van der Waals surface area contributed by atoms with Gasteiger partial charge in [-0.3, -0.25) is 19.2 Å². The van der Waals surface area contributed by atoms with Crippen molar-refractivity contribution in [2.75, 3.05) is 77.3 Å². The van der Waals surface area contributed by atoms with Crippen LogP contribution in [0.2, 0.25) is 0 Å². The van der Waals surface area contributed by atoms with Crippen LogP contribution in [0.3, 0.4) is 0 Å². The fraction of sp³-hybridized carbons (Fsp3) is 0.556. The first-order chi connectivity index (χ1) is 54.9. The number of carbonyl (C=O) groups is 4. The van der Waals surface area contributed by atoms with E-state index in [9.17, 15) is 19.2 Å². The maximum Gasteiger partial charge on any atom is 0.494 e. The SMILES string of the molecule is CCc1nc2c(cnn2CC)c(NC2CCOCC2)c1CNC(=O)C1(C(=O)NCc2ccc(C)c(-c3cccc(CC4CCN(C)CC4)c3)c2)CC1.CCc1nc2c(cnn2CC)c(NC2CCOCC2)c1CNC(=O)C1(C(=O)NCc2ccc(C)c(Br)c2)CC1.CN1CCC(Cc2cccc(B3OC(C)(C)C(C)(C)O3)c2)CC1. The number of fused-ring (bicyclic) bond motifs is 2. The van der Waals surface area contributed by atoms with Crippen molar-refractivity contribution in [3.05, 3.63) is 158 Å². The monoisotopic (exact) mass is 1620 g/mol. The minimum absolute atomic E-state index is 0.207. The van der Waals surface area contributed by atoms with Crippen LogP contribution in [-0.2, 0) is 103 Å². The molecule has 5 saturated heterocycles. The zero-order chi connectivity index (χ0) is 80.5. The summed E-state index contributed by atoms with van der Waals surface area (Å²) in [5.41, 5.74) is 15.5. The Balaban J connectivity index is 0.000000161. The first kappa shape index (κ1) is 83.8. The molecule has 7 aliphatic rings. The first-order valence-corrected chi connectivity index (χ1v) is 43.0. The van der Waals surface area contributed by atoms with Gasteiger partial charge in [0.15, 0.2) is 11.3 Å². The molecule has 0 spiro atoms. The lowest BCUT2D eigenvalue weighted by Gasteiger charge is -2.32. The van der Waals surface area contributed by atoms with E-state index >= 15 is 0 Å². The fourth-order valence-corrected chi connectivity index (χ4v) is 17.1. The molecule has 24 heteroatoms. The van der Waals surface area contributed by atoms with Crippen molar-refractivity contribution < 1.29 is 38.0 Å². The molecule has 610 valence electrons. The van der Waals surface area contributed by atoms with E-state index in [1.165, 1.54) is 86.1 Å². The third-order valence-electron chi connectivity index (χ3n) is 25.3. The molecule has 0 atom stereocenters. The Morgan fingerprint density at radius 1 is 0.509 bits per heavy atom. The normalized spacial score (nSPS) is 19.0. The second kappa shape index (κ2) is 37.0. The second-order valence-corrected chi connectivity index (χ2v) is 34.9. The molecule has 0 bridgehead atoms. The summed E-state index contributed by atoms with van der Waals surface area (Å²) in [6.45, 7) is 31.4. The predicted molar refractivity (Wildman–Crippen MR) is 456 cm³/mol. The minimum Gasteiger partial charge on any atom is -0.399 e. The summed E-state index contributed by atoms with van der Waals surface area (Å²) in [4.78, 5) is 68.8. The highest BCUT2D eigenvalue weighted by Gasteiger charge is 2.58. The van der Waals surface area contributed by atoms with Crippen LogP contribution in [0.1, 0.15) is 188 Å². The number of piperidine rings is 2. The Hall–Kier alpha value is -8.10. The maximum absolute atomic E-state index is 13.8. The molecule has 0 radical (unpaired) electrons. The van der Waals surface area contributed by atoms with Crippen LogP contribution in [0.25, 0.3) is 33.2 Å². The maximum atomic E-state index is 13.8. The Morgan fingerprint density at radius 2 is 0.930 bits per heavy atom. The molecule has 5 aliphatic heterocycles. The van der Waals surface area contributed by atoms with Crippen molar-refractivity contribution in [1.29, 1.82) is 0 Å². The van der Waals surface area contributed by atoms with E-state index in [-0.39, 0.29) is 54.0 Å². The van der Waals surface area contributed by atoms with E-state index in [0.717, 1.165) is 172 Å². The van der Waals surface area contributed by atoms with Crippen LogP contribution in [-0.4, -0.2) is 160 Å². The van der Waals surface area contributed by atoms with Gasteiger partial charge in [-0.2, -0.15) is 10.2 Å². The molecule has 6 N–H and O–H groups in total. The van der Waals surface area contributed by atoms with E-state index in [2.05, 4.69) is 211 Å². The average Bonchev–Trinajstić information content (AvgIpc) is 1.56. The van der Waals surface area contributed by atoms with Gasteiger partial charge in [-0.25, -0.2) is 19.3 Å². The summed E-state index contributed by atoms with van der Waals surface area (Å²) >= 11 is 3.54. The number of amides is 4. The van der Waals surface area contributed by atoms with Crippen molar-refractivity contribution in [1.82, 2.24) is 60.6 Å². The molecule has 114 heavy (non-hydrogen) atoms. The molecule has 2 aliphatic carbocycles. The van der Waals surface area contributed by atoms with Gasteiger partial charge in [0.25, 0.3) is 0 Å². The number of likely N-dealkylation sites (tertiary alicyclic amines) is 2. The van der Waals surface area contributed by atoms with Gasteiger partial charge in [0.05, 0.1) is 45.7 Å². The van der Waals surface area contributed by atoms with E-state index < -0.39 is 10.8 Å². The molecule has 9 heterocycles. The Kier molecular flexibility index (Phi) is 27.2. The number of aromatic nitrogens is 6. The molecule has 7 fully saturated rings. The molecule has 4 aromatic carbocycles. The zero-order valence-electron chi connectivity index (χ0n) is 69.6. The lowest BCUT2D eigenvalue weighted by Crippen LogP contribution is -2.42. The number of hydrogen-bond donors (Lipinski definition) is 6. The number of anilines is 2. The quantitative estimate of drug-likeness (QED) is 0.0218. The number of benzene rings is 4. The highest BCUT2D eigenvalue weighted by atomic mass is 79.9. The van der Waals surface area contributed by atoms with E-state index in [1.54, 1.807) is 0 Å². The van der Waals surface area contributed by atoms with Gasteiger partial charge in [0, 0.05) is 105 Å². The second-order valence-electron chi connectivity index (χ2n) is 34.1. The summed E-state index contributed by atoms with van der Waals surface area (Å²) in [7, 11) is 4.18. The van der Waals surface area contributed by atoms with E-state index in [4.69, 9.17) is 28.8 Å². The number of aryl methyl sites for hydroxylation is 6. The molecule has 4 aromatic heterocycles. The van der Waals surface area contributed by atoms with E-state index in [0.29, 0.717) is 58.3 Å². The number of halogens is 1. The van der Waals surface area contributed by atoms with Gasteiger partial charge >= 0.3 is 7.12 Å². The van der Waals surface area contributed by atoms with Gasteiger partial charge in [-0.05, 0) is 272 Å². The van der Waals surface area contributed by atoms with Crippen LogP contribution < -0.4 is 37.4 Å². The third kappa shape index (κ3) is 19.6. The number of nitrogens with one attached hydrogen (secondary N) is 6. The molecule has 15 rings (SSSR count). The van der Waals surface area contributed by atoms with Crippen molar-refractivity contribution in [2.45, 2.75) is 235 Å². The fourth-order valence-electron chi connectivity index (χ4n) is 16.7. The summed E-state index contributed by atoms with van der Waals surface area (Å²) in [5.74, 6) is 0.664. The highest BCUT2D eigenvalue weighted by Crippen LogP contribution is 2.48. The Bertz CT molecular complexity index is 4680. The average molecular weight is 1620 g/mol. The van der Waals surface area contributed by atoms with Gasteiger partial charge in [0.2, 0.25) is 23.6 Å². The summed E-state index contributed by atoms with van der Waals surface area (Å²) in [6.07, 6.45) is 18.4. The van der Waals surface area contributed by atoms with Crippen LogP contribution >= 0.6 is 15.9 Å². The summed E-state index contributed by atoms with van der Waals surface area (Å²) in [5, 5.41) is 30.9. The molecular formula is C90H122BBrN14O8. The van der Waals surface area contributed by atoms with Gasteiger partial charge in [-0.1, -0.05) is 103 Å². The number of pyridine rings is 2. The third-order valence-corrected chi connectivity index (χ3v) is 26.2. The molecule has 22 nitrogen and oxygen atoms in total. The number of rotatable bonds is 26. The topological polar surface area (TPSA) is 245 Å². The zero-order valence-corrected chi connectivity index (χ0v) is 71.1. The van der Waals surface area contributed by atoms with Crippen molar-refractivity contribution in [2.24, 2.45) is 22.7 Å². The molecule has 2 saturated carbocycles. The summed E-state index contributed by atoms with van der Waals surface area (Å²) in [6, 6.07) is 30.7. The molecule has 0 unspecified atom stereocenters. The molecule has 8 aromatic rings. The number of hydrogen-bond acceptors (Lipinski definition) is 16. The van der Waals surface area contributed by atoms with E-state index in [1.807, 2.05) is 46.9 Å². The molecule has 4 amide bonds. The number of ether oxygens (including phenoxy) is 2. The lowest BCUT2D eigenvalue weighted by molar-refractivity contribution is -0.138. The van der Waals surface area contributed by atoms with Gasteiger partial charge < -0.3 is 60.5 Å². The number of nitrogens with zero attached hydrogens (tertiary/aromatic N) is 8. The smallest absolute Gasteiger partial charge is 0.399 e. The lowest BCUT2D eigenvalue weighted by atomic mass is 9.77. The van der Waals surface area contributed by atoms with Crippen LogP contribution in [0.4, 0.5) is 11.4 Å².